The Hall–Kier alpha value is -2.11. The molecular formula is C9H11N3O3. The Labute approximate surface area is 86.4 Å². The van der Waals surface area contributed by atoms with Crippen LogP contribution in [0, 0.1) is 15.5 Å². The monoisotopic (exact) mass is 209 g/mol. The summed E-state index contributed by atoms with van der Waals surface area (Å²) >= 11 is 0. The zero-order chi connectivity index (χ0) is 11.6. The minimum Gasteiger partial charge on any atom is -0.502 e. The smallest absolute Gasteiger partial charge is 0.311 e. The summed E-state index contributed by atoms with van der Waals surface area (Å²) in [5, 5.41) is 27.7. The molecule has 0 aromatic heterocycles. The molecule has 2 N–H and O–H groups in total. The number of hydrogen-bond acceptors (Lipinski definition) is 4. The predicted octanol–water partition coefficient (Wildman–Crippen LogP) is 1.19. The summed E-state index contributed by atoms with van der Waals surface area (Å²) in [6.07, 6.45) is 0. The molecule has 0 bridgehead atoms. The van der Waals surface area contributed by atoms with Gasteiger partial charge in [0.1, 0.15) is 5.84 Å². The summed E-state index contributed by atoms with van der Waals surface area (Å²) in [4.78, 5) is 11.3. The van der Waals surface area contributed by atoms with Gasteiger partial charge in [-0.05, 0) is 6.07 Å². The number of phenolic OH excluding ortho intramolecular Hbond substituents is 1. The highest BCUT2D eigenvalue weighted by atomic mass is 16.6. The molecule has 6 heteroatoms. The van der Waals surface area contributed by atoms with Crippen molar-refractivity contribution in [1.82, 2.24) is 4.90 Å². The highest BCUT2D eigenvalue weighted by Crippen LogP contribution is 2.29. The molecule has 0 aliphatic carbocycles. The number of benzene rings is 1. The van der Waals surface area contributed by atoms with Crippen LogP contribution in [0.5, 0.6) is 5.75 Å². The predicted molar refractivity (Wildman–Crippen MR) is 55.3 cm³/mol. The van der Waals surface area contributed by atoms with Gasteiger partial charge < -0.3 is 10.0 Å². The molecular weight excluding hydrogens is 198 g/mol. The third kappa shape index (κ3) is 2.04. The van der Waals surface area contributed by atoms with Gasteiger partial charge in [-0.1, -0.05) is 6.07 Å². The lowest BCUT2D eigenvalue weighted by Gasteiger charge is -2.14. The van der Waals surface area contributed by atoms with Crippen LogP contribution in [0.15, 0.2) is 18.2 Å². The Morgan fingerprint density at radius 3 is 2.60 bits per heavy atom. The average molecular weight is 209 g/mol. The molecule has 0 radical (unpaired) electrons. The second kappa shape index (κ2) is 3.95. The van der Waals surface area contributed by atoms with E-state index < -0.39 is 10.7 Å². The van der Waals surface area contributed by atoms with E-state index in [-0.39, 0.29) is 17.1 Å². The maximum Gasteiger partial charge on any atom is 0.311 e. The number of nitrogens with one attached hydrogen (secondary N) is 1. The van der Waals surface area contributed by atoms with Crippen molar-refractivity contribution in [3.05, 3.63) is 33.9 Å². The Bertz CT molecular complexity index is 415. The molecule has 15 heavy (non-hydrogen) atoms. The minimum atomic E-state index is -0.679. The van der Waals surface area contributed by atoms with Crippen molar-refractivity contribution in [2.45, 2.75) is 0 Å². The summed E-state index contributed by atoms with van der Waals surface area (Å²) in [5.74, 6) is -0.447. The van der Waals surface area contributed by atoms with E-state index in [0.29, 0.717) is 0 Å². The van der Waals surface area contributed by atoms with Gasteiger partial charge in [0.15, 0.2) is 0 Å². The lowest BCUT2D eigenvalue weighted by atomic mass is 10.1. The summed E-state index contributed by atoms with van der Waals surface area (Å²) in [7, 11) is 3.25. The fourth-order valence-electron chi connectivity index (χ4n) is 1.11. The Morgan fingerprint density at radius 1 is 1.53 bits per heavy atom. The number of amidine groups is 1. The molecule has 6 nitrogen and oxygen atoms in total. The molecule has 0 saturated carbocycles. The maximum atomic E-state index is 10.5. The van der Waals surface area contributed by atoms with Gasteiger partial charge in [0.25, 0.3) is 0 Å². The van der Waals surface area contributed by atoms with Crippen molar-refractivity contribution in [2.24, 2.45) is 0 Å². The van der Waals surface area contributed by atoms with Gasteiger partial charge in [0.05, 0.1) is 10.5 Å². The third-order valence-corrected chi connectivity index (χ3v) is 1.91. The fourth-order valence-corrected chi connectivity index (χ4v) is 1.11. The summed E-state index contributed by atoms with van der Waals surface area (Å²) in [6.45, 7) is 0. The fraction of sp³-hybridized carbons (Fsp3) is 0.222. The van der Waals surface area contributed by atoms with Crippen LogP contribution in [0.2, 0.25) is 0 Å². The topological polar surface area (TPSA) is 90.5 Å². The van der Waals surface area contributed by atoms with Gasteiger partial charge in [0, 0.05) is 20.2 Å². The first-order valence-electron chi connectivity index (χ1n) is 4.17. The molecule has 1 rings (SSSR count). The van der Waals surface area contributed by atoms with Crippen molar-refractivity contribution in [3.8, 4) is 5.75 Å². The van der Waals surface area contributed by atoms with Gasteiger partial charge >= 0.3 is 5.69 Å². The van der Waals surface area contributed by atoms with E-state index in [9.17, 15) is 15.2 Å². The second-order valence-corrected chi connectivity index (χ2v) is 3.17. The molecule has 1 aromatic carbocycles. The number of nitro benzene ring substituents is 1. The highest BCUT2D eigenvalue weighted by Gasteiger charge is 2.19. The molecule has 0 fully saturated rings. The van der Waals surface area contributed by atoms with Gasteiger partial charge in [-0.2, -0.15) is 0 Å². The van der Waals surface area contributed by atoms with E-state index in [1.54, 1.807) is 14.1 Å². The summed E-state index contributed by atoms with van der Waals surface area (Å²) in [6, 6.07) is 4.09. The first-order chi connectivity index (χ1) is 6.95. The molecule has 0 amide bonds. The van der Waals surface area contributed by atoms with Crippen molar-refractivity contribution in [2.75, 3.05) is 14.1 Å². The number of hydrogen-bond donors (Lipinski definition) is 2. The quantitative estimate of drug-likeness (QED) is 0.331. The summed E-state index contributed by atoms with van der Waals surface area (Å²) in [5.41, 5.74) is -0.242. The number of para-hydroxylation sites is 1. The van der Waals surface area contributed by atoms with Crippen molar-refractivity contribution < 1.29 is 10.0 Å². The zero-order valence-corrected chi connectivity index (χ0v) is 8.39. The zero-order valence-electron chi connectivity index (χ0n) is 8.39. The largest absolute Gasteiger partial charge is 0.502 e. The van der Waals surface area contributed by atoms with Gasteiger partial charge in [-0.15, -0.1) is 0 Å². The highest BCUT2D eigenvalue weighted by molar-refractivity contribution is 5.99. The van der Waals surface area contributed by atoms with Crippen LogP contribution in [-0.4, -0.2) is 34.9 Å². The van der Waals surface area contributed by atoms with E-state index >= 15 is 0 Å². The number of nitrogens with zero attached hydrogens (tertiary/aromatic N) is 2. The third-order valence-electron chi connectivity index (χ3n) is 1.91. The maximum absolute atomic E-state index is 10.5. The van der Waals surface area contributed by atoms with Crippen LogP contribution in [0.4, 0.5) is 5.69 Å². The standard InChI is InChI=1S/C9H11N3O3/c1-11(2)9(10)6-4-3-5-7(8(6)13)12(14)15/h3-5,10,13H,1-2H3. The number of phenols is 1. The normalized spacial score (nSPS) is 9.73. The van der Waals surface area contributed by atoms with E-state index in [2.05, 4.69) is 0 Å². The Morgan fingerprint density at radius 2 is 2.13 bits per heavy atom. The van der Waals surface area contributed by atoms with Crippen LogP contribution in [0.1, 0.15) is 5.56 Å². The molecule has 0 spiro atoms. The molecule has 0 atom stereocenters. The molecule has 0 aliphatic rings. The van der Waals surface area contributed by atoms with Gasteiger partial charge in [-0.25, -0.2) is 0 Å². The van der Waals surface area contributed by atoms with Gasteiger partial charge in [-0.3, -0.25) is 15.5 Å². The van der Waals surface area contributed by atoms with Crippen LogP contribution in [-0.2, 0) is 0 Å². The lowest BCUT2D eigenvalue weighted by Crippen LogP contribution is -2.21. The number of rotatable bonds is 2. The van der Waals surface area contributed by atoms with E-state index in [4.69, 9.17) is 5.41 Å². The SMILES string of the molecule is CN(C)C(=N)c1cccc([N+](=O)[O-])c1O. The molecule has 80 valence electrons. The van der Waals surface area contributed by atoms with Crippen LogP contribution in [0.25, 0.3) is 0 Å². The number of nitro groups is 1. The molecule has 0 saturated heterocycles. The Kier molecular flexibility index (Phi) is 2.89. The molecule has 0 unspecified atom stereocenters. The Balaban J connectivity index is 3.27. The summed E-state index contributed by atoms with van der Waals surface area (Å²) < 4.78 is 0. The van der Waals surface area contributed by atoms with E-state index in [0.717, 1.165) is 0 Å². The van der Waals surface area contributed by atoms with E-state index in [1.807, 2.05) is 0 Å². The van der Waals surface area contributed by atoms with Crippen LogP contribution >= 0.6 is 0 Å². The minimum absolute atomic E-state index is 0.0243. The first-order valence-corrected chi connectivity index (χ1v) is 4.17. The van der Waals surface area contributed by atoms with Crippen LogP contribution in [0.3, 0.4) is 0 Å². The van der Waals surface area contributed by atoms with Crippen molar-refractivity contribution >= 4 is 11.5 Å². The molecule has 0 aliphatic heterocycles. The molecule has 0 heterocycles. The average Bonchev–Trinajstić information content (AvgIpc) is 2.16. The molecule has 1 aromatic rings. The van der Waals surface area contributed by atoms with Crippen molar-refractivity contribution in [3.63, 3.8) is 0 Å². The van der Waals surface area contributed by atoms with E-state index in [1.165, 1.54) is 23.1 Å². The van der Waals surface area contributed by atoms with Crippen LogP contribution < -0.4 is 0 Å². The second-order valence-electron chi connectivity index (χ2n) is 3.17. The first kappa shape index (κ1) is 11.0. The van der Waals surface area contributed by atoms with Gasteiger partial charge in [0.2, 0.25) is 5.75 Å². The number of aromatic hydroxyl groups is 1. The van der Waals surface area contributed by atoms with Crippen molar-refractivity contribution in [1.29, 1.82) is 5.41 Å². The lowest BCUT2D eigenvalue weighted by molar-refractivity contribution is -0.385.